The van der Waals surface area contributed by atoms with E-state index in [0.29, 0.717) is 13.2 Å². The number of ether oxygens (including phenoxy) is 2. The van der Waals surface area contributed by atoms with E-state index in [-0.39, 0.29) is 6.29 Å². The minimum Gasteiger partial charge on any atom is -0.349 e. The number of hydrogen-bond donors (Lipinski definition) is 0. The van der Waals surface area contributed by atoms with Crippen LogP contribution in [0, 0.1) is 0 Å². The third kappa shape index (κ3) is 7.77. The van der Waals surface area contributed by atoms with Gasteiger partial charge in [0.15, 0.2) is 6.29 Å². The maximum atomic E-state index is 5.32. The van der Waals surface area contributed by atoms with E-state index in [9.17, 15) is 0 Å². The van der Waals surface area contributed by atoms with Gasteiger partial charge in [-0.25, -0.2) is 0 Å². The average Bonchev–Trinajstić information content (AvgIpc) is 2.12. The first kappa shape index (κ1) is 13.1. The van der Waals surface area contributed by atoms with E-state index >= 15 is 0 Å². The summed E-state index contributed by atoms with van der Waals surface area (Å²) in [6.45, 7) is 10.9. The summed E-state index contributed by atoms with van der Waals surface area (Å²) in [6.07, 6.45) is 7.41. The van der Waals surface area contributed by atoms with Gasteiger partial charge < -0.3 is 9.47 Å². The third-order valence-electron chi connectivity index (χ3n) is 1.42. The van der Waals surface area contributed by atoms with Crippen LogP contribution < -0.4 is 0 Å². The third-order valence-corrected chi connectivity index (χ3v) is 1.42. The molecule has 80 valence electrons. The maximum absolute atomic E-state index is 5.32. The number of hydrogen-bond acceptors (Lipinski definition) is 2. The molecule has 0 spiro atoms. The summed E-state index contributed by atoms with van der Waals surface area (Å²) < 4.78 is 10.6. The molecule has 0 unspecified atom stereocenters. The van der Waals surface area contributed by atoms with Gasteiger partial charge in [0.05, 0.1) is 0 Å². The van der Waals surface area contributed by atoms with Crippen LogP contribution in [-0.4, -0.2) is 19.5 Å². The fraction of sp³-hybridized carbons (Fsp3) is 0.500. The van der Waals surface area contributed by atoms with Crippen LogP contribution >= 0.6 is 0 Å². The topological polar surface area (TPSA) is 18.5 Å². The highest BCUT2D eigenvalue weighted by atomic mass is 16.7. The molecule has 14 heavy (non-hydrogen) atoms. The van der Waals surface area contributed by atoms with Crippen molar-refractivity contribution in [1.29, 1.82) is 0 Å². The predicted molar refractivity (Wildman–Crippen MR) is 60.1 cm³/mol. The molecule has 0 amide bonds. The average molecular weight is 196 g/mol. The summed E-state index contributed by atoms with van der Waals surface area (Å²) >= 11 is 0. The van der Waals surface area contributed by atoms with Gasteiger partial charge in [-0.3, -0.25) is 0 Å². The van der Waals surface area contributed by atoms with Gasteiger partial charge in [0.1, 0.15) is 0 Å². The van der Waals surface area contributed by atoms with E-state index < -0.39 is 0 Å². The Kier molecular flexibility index (Phi) is 8.19. The Hall–Kier alpha value is -0.860. The molecule has 0 radical (unpaired) electrons. The van der Waals surface area contributed by atoms with Crippen LogP contribution in [0.25, 0.3) is 0 Å². The van der Waals surface area contributed by atoms with Crippen LogP contribution in [0.2, 0.25) is 0 Å². The normalized spacial score (nSPS) is 12.0. The molecule has 0 N–H and O–H groups in total. The predicted octanol–water partition coefficient (Wildman–Crippen LogP) is 3.07. The summed E-state index contributed by atoms with van der Waals surface area (Å²) in [5.74, 6) is 0. The van der Waals surface area contributed by atoms with Crippen LogP contribution in [0.4, 0.5) is 0 Å². The van der Waals surface area contributed by atoms with Crippen molar-refractivity contribution in [2.45, 2.75) is 27.1 Å². The summed E-state index contributed by atoms with van der Waals surface area (Å²) in [7, 11) is 0. The standard InChI is InChI=1S/C12H20O2/c1-5-13-12(14-6-2)10-8-7-9-11(3)4/h7-10,12H,3,5-6H2,1-2,4H3/b9-7+,10-8+. The SMILES string of the molecule is C=C(C)/C=C/C=C/C(OCC)OCC. The van der Waals surface area contributed by atoms with Crippen molar-refractivity contribution in [2.24, 2.45) is 0 Å². The van der Waals surface area contributed by atoms with E-state index in [1.807, 2.05) is 45.1 Å². The second kappa shape index (κ2) is 8.73. The Morgan fingerprint density at radius 3 is 2.21 bits per heavy atom. The first-order chi connectivity index (χ1) is 6.70. The molecule has 0 fully saturated rings. The van der Waals surface area contributed by atoms with Crippen molar-refractivity contribution in [2.75, 3.05) is 13.2 Å². The lowest BCUT2D eigenvalue weighted by Crippen LogP contribution is -2.13. The van der Waals surface area contributed by atoms with Crippen molar-refractivity contribution >= 4 is 0 Å². The number of rotatable bonds is 7. The van der Waals surface area contributed by atoms with Crippen molar-refractivity contribution in [3.8, 4) is 0 Å². The molecule has 0 saturated heterocycles. The Balaban J connectivity index is 3.94. The molecule has 0 atom stereocenters. The molecule has 0 aliphatic carbocycles. The van der Waals surface area contributed by atoms with Gasteiger partial charge in [-0.2, -0.15) is 0 Å². The minimum atomic E-state index is -0.236. The van der Waals surface area contributed by atoms with Crippen LogP contribution in [0.15, 0.2) is 36.5 Å². The molecule has 0 aromatic heterocycles. The zero-order valence-corrected chi connectivity index (χ0v) is 9.32. The molecule has 0 bridgehead atoms. The summed E-state index contributed by atoms with van der Waals surface area (Å²) in [5.41, 5.74) is 1.03. The largest absolute Gasteiger partial charge is 0.349 e. The molecule has 0 heterocycles. The molecule has 0 aliphatic rings. The lowest BCUT2D eigenvalue weighted by molar-refractivity contribution is -0.103. The fourth-order valence-corrected chi connectivity index (χ4v) is 0.862. The molecular weight excluding hydrogens is 176 g/mol. The minimum absolute atomic E-state index is 0.236. The van der Waals surface area contributed by atoms with Gasteiger partial charge in [0.25, 0.3) is 0 Å². The van der Waals surface area contributed by atoms with Gasteiger partial charge in [0.2, 0.25) is 0 Å². The second-order valence-corrected chi connectivity index (χ2v) is 2.87. The number of allylic oxidation sites excluding steroid dienone is 4. The summed E-state index contributed by atoms with van der Waals surface area (Å²) in [6, 6.07) is 0. The molecular formula is C12H20O2. The molecule has 0 aromatic rings. The van der Waals surface area contributed by atoms with Gasteiger partial charge in [0, 0.05) is 13.2 Å². The fourth-order valence-electron chi connectivity index (χ4n) is 0.862. The molecule has 0 saturated carbocycles. The smallest absolute Gasteiger partial charge is 0.177 e. The highest BCUT2D eigenvalue weighted by Gasteiger charge is 1.99. The van der Waals surface area contributed by atoms with Crippen molar-refractivity contribution in [1.82, 2.24) is 0 Å². The van der Waals surface area contributed by atoms with E-state index in [0.717, 1.165) is 5.57 Å². The van der Waals surface area contributed by atoms with Gasteiger partial charge in [-0.1, -0.05) is 30.4 Å². The molecule has 0 aromatic carbocycles. The summed E-state index contributed by atoms with van der Waals surface area (Å²) in [5, 5.41) is 0. The van der Waals surface area contributed by atoms with Gasteiger partial charge in [-0.15, -0.1) is 0 Å². The molecule has 0 aliphatic heterocycles. The monoisotopic (exact) mass is 196 g/mol. The Morgan fingerprint density at radius 2 is 1.79 bits per heavy atom. The van der Waals surface area contributed by atoms with Crippen molar-refractivity contribution < 1.29 is 9.47 Å². The molecule has 2 heteroatoms. The van der Waals surface area contributed by atoms with Crippen molar-refractivity contribution in [3.63, 3.8) is 0 Å². The zero-order valence-electron chi connectivity index (χ0n) is 9.32. The molecule has 2 nitrogen and oxygen atoms in total. The van der Waals surface area contributed by atoms with E-state index in [1.54, 1.807) is 0 Å². The van der Waals surface area contributed by atoms with Crippen LogP contribution in [-0.2, 0) is 9.47 Å². The van der Waals surface area contributed by atoms with E-state index in [2.05, 4.69) is 6.58 Å². The van der Waals surface area contributed by atoms with Crippen LogP contribution in [0.1, 0.15) is 20.8 Å². The molecule has 0 rings (SSSR count). The zero-order chi connectivity index (χ0) is 10.8. The van der Waals surface area contributed by atoms with E-state index in [4.69, 9.17) is 9.47 Å². The Morgan fingerprint density at radius 1 is 1.21 bits per heavy atom. The Bertz CT molecular complexity index is 198. The van der Waals surface area contributed by atoms with Gasteiger partial charge in [-0.05, 0) is 26.8 Å². The summed E-state index contributed by atoms with van der Waals surface area (Å²) in [4.78, 5) is 0. The highest BCUT2D eigenvalue weighted by molar-refractivity contribution is 5.17. The quantitative estimate of drug-likeness (QED) is 0.460. The van der Waals surface area contributed by atoms with E-state index in [1.165, 1.54) is 0 Å². The highest BCUT2D eigenvalue weighted by Crippen LogP contribution is 1.98. The Labute approximate surface area is 86.9 Å². The van der Waals surface area contributed by atoms with Crippen LogP contribution in [0.5, 0.6) is 0 Å². The second-order valence-electron chi connectivity index (χ2n) is 2.87. The lowest BCUT2D eigenvalue weighted by Gasteiger charge is -2.11. The van der Waals surface area contributed by atoms with Crippen LogP contribution in [0.3, 0.4) is 0 Å². The first-order valence-corrected chi connectivity index (χ1v) is 4.94. The lowest BCUT2D eigenvalue weighted by atomic mass is 10.3. The maximum Gasteiger partial charge on any atom is 0.177 e. The van der Waals surface area contributed by atoms with Crippen molar-refractivity contribution in [3.05, 3.63) is 36.5 Å². The van der Waals surface area contributed by atoms with Gasteiger partial charge >= 0.3 is 0 Å². The first-order valence-electron chi connectivity index (χ1n) is 4.94.